The number of rotatable bonds is 6. The van der Waals surface area contributed by atoms with Gasteiger partial charge in [-0.3, -0.25) is 0 Å². The molecule has 0 amide bonds. The Morgan fingerprint density at radius 2 is 0.841 bits per heavy atom. The molecule has 4 aromatic heterocycles. The second-order valence-electron chi connectivity index (χ2n) is 16.0. The Morgan fingerprint density at radius 3 is 1.54 bits per heavy atom. The van der Waals surface area contributed by atoms with Gasteiger partial charge in [-0.25, -0.2) is 15.0 Å². The van der Waals surface area contributed by atoms with Crippen molar-refractivity contribution < 1.29 is 4.42 Å². The third-order valence-electron chi connectivity index (χ3n) is 12.4. The fourth-order valence-electron chi connectivity index (χ4n) is 9.51. The maximum atomic E-state index is 6.53. The molecule has 0 bridgehead atoms. The van der Waals surface area contributed by atoms with E-state index in [4.69, 9.17) is 19.4 Å². The van der Waals surface area contributed by atoms with E-state index in [1.807, 2.05) is 72.8 Å². The molecule has 0 fully saturated rings. The molecular weight excluding hydrogens is 771 g/mol. The summed E-state index contributed by atoms with van der Waals surface area (Å²) in [6.45, 7) is 0. The van der Waals surface area contributed by atoms with E-state index in [0.717, 1.165) is 72.2 Å². The molecule has 6 heteroatoms. The van der Waals surface area contributed by atoms with Gasteiger partial charge >= 0.3 is 0 Å². The predicted octanol–water partition coefficient (Wildman–Crippen LogP) is 14.6. The highest BCUT2D eigenvalue weighted by molar-refractivity contribution is 6.15. The van der Waals surface area contributed by atoms with Crippen LogP contribution in [0.4, 0.5) is 0 Å². The van der Waals surface area contributed by atoms with Crippen molar-refractivity contribution in [2.45, 2.75) is 0 Å². The molecule has 0 aliphatic rings. The van der Waals surface area contributed by atoms with Crippen molar-refractivity contribution in [3.8, 4) is 56.7 Å². The number of benzene rings is 9. The van der Waals surface area contributed by atoms with E-state index < -0.39 is 0 Å². The van der Waals surface area contributed by atoms with Crippen molar-refractivity contribution >= 4 is 65.6 Å². The molecule has 0 N–H and O–H groups in total. The molecule has 13 aromatic rings. The van der Waals surface area contributed by atoms with Crippen LogP contribution >= 0.6 is 0 Å². The van der Waals surface area contributed by atoms with Crippen LogP contribution in [0.25, 0.3) is 122 Å². The molecule has 0 radical (unpaired) electrons. The summed E-state index contributed by atoms with van der Waals surface area (Å²) < 4.78 is 11.3. The summed E-state index contributed by atoms with van der Waals surface area (Å²) in [5.41, 5.74) is 13.5. The van der Waals surface area contributed by atoms with Gasteiger partial charge in [-0.15, -0.1) is 0 Å². The highest BCUT2D eigenvalue weighted by Gasteiger charge is 2.20. The molecule has 0 aliphatic carbocycles. The molecule has 63 heavy (non-hydrogen) atoms. The molecule has 0 aliphatic heterocycles. The number of furan rings is 1. The van der Waals surface area contributed by atoms with Crippen molar-refractivity contribution in [3.05, 3.63) is 212 Å². The zero-order valence-corrected chi connectivity index (χ0v) is 33.9. The lowest BCUT2D eigenvalue weighted by atomic mass is 9.99. The molecule has 9 aromatic carbocycles. The first-order valence-corrected chi connectivity index (χ1v) is 21.2. The lowest BCUT2D eigenvalue weighted by Gasteiger charge is -2.11. The molecule has 294 valence electrons. The Hall–Kier alpha value is -8.61. The van der Waals surface area contributed by atoms with E-state index in [2.05, 4.69) is 149 Å². The molecule has 4 heterocycles. The zero-order chi connectivity index (χ0) is 41.4. The van der Waals surface area contributed by atoms with E-state index in [0.29, 0.717) is 17.5 Å². The number of fused-ring (bicyclic) bond motifs is 9. The smallest absolute Gasteiger partial charge is 0.164 e. The number of hydrogen-bond donors (Lipinski definition) is 0. The highest BCUT2D eigenvalue weighted by Crippen LogP contribution is 2.41. The lowest BCUT2D eigenvalue weighted by molar-refractivity contribution is 0.669. The Labute approximate surface area is 361 Å². The van der Waals surface area contributed by atoms with Gasteiger partial charge in [-0.05, 0) is 77.9 Å². The molecule has 0 unspecified atom stereocenters. The maximum absolute atomic E-state index is 6.53. The minimum atomic E-state index is 0.595. The van der Waals surface area contributed by atoms with Crippen LogP contribution in [0.2, 0.25) is 0 Å². The number of aromatic nitrogens is 5. The van der Waals surface area contributed by atoms with Gasteiger partial charge in [-0.2, -0.15) is 0 Å². The number of hydrogen-bond acceptors (Lipinski definition) is 4. The van der Waals surface area contributed by atoms with Crippen LogP contribution in [0.1, 0.15) is 0 Å². The normalized spacial score (nSPS) is 11.8. The van der Waals surface area contributed by atoms with Gasteiger partial charge in [0.25, 0.3) is 0 Å². The van der Waals surface area contributed by atoms with E-state index in [9.17, 15) is 0 Å². The Balaban J connectivity index is 0.970. The first-order chi connectivity index (χ1) is 31.2. The maximum Gasteiger partial charge on any atom is 0.164 e. The molecule has 0 saturated carbocycles. The summed E-state index contributed by atoms with van der Waals surface area (Å²) >= 11 is 0. The van der Waals surface area contributed by atoms with Crippen molar-refractivity contribution in [1.82, 2.24) is 24.1 Å². The Morgan fingerprint density at radius 1 is 0.302 bits per heavy atom. The number of para-hydroxylation sites is 3. The third-order valence-corrected chi connectivity index (χ3v) is 12.4. The summed E-state index contributed by atoms with van der Waals surface area (Å²) in [6.07, 6.45) is 0. The molecule has 0 spiro atoms. The van der Waals surface area contributed by atoms with Gasteiger partial charge in [0.2, 0.25) is 0 Å². The van der Waals surface area contributed by atoms with Crippen LogP contribution in [0.3, 0.4) is 0 Å². The minimum absolute atomic E-state index is 0.595. The van der Waals surface area contributed by atoms with Gasteiger partial charge < -0.3 is 13.6 Å². The summed E-state index contributed by atoms with van der Waals surface area (Å²) in [7, 11) is 0. The summed E-state index contributed by atoms with van der Waals surface area (Å²) in [5, 5.41) is 6.84. The van der Waals surface area contributed by atoms with Gasteiger partial charge in [0.15, 0.2) is 17.5 Å². The monoisotopic (exact) mass is 805 g/mol. The van der Waals surface area contributed by atoms with E-state index in [1.165, 1.54) is 32.6 Å². The molecular formula is C57H35N5O. The molecule has 6 nitrogen and oxygen atoms in total. The van der Waals surface area contributed by atoms with Crippen LogP contribution in [-0.2, 0) is 0 Å². The van der Waals surface area contributed by atoms with Crippen molar-refractivity contribution in [2.24, 2.45) is 0 Å². The highest BCUT2D eigenvalue weighted by atomic mass is 16.3. The molecule has 13 rings (SSSR count). The van der Waals surface area contributed by atoms with Crippen LogP contribution in [0.15, 0.2) is 217 Å². The first kappa shape index (κ1) is 35.2. The van der Waals surface area contributed by atoms with Gasteiger partial charge in [0.05, 0.1) is 22.1 Å². The quantitative estimate of drug-likeness (QED) is 0.168. The van der Waals surface area contributed by atoms with Crippen molar-refractivity contribution in [3.63, 3.8) is 0 Å². The first-order valence-electron chi connectivity index (χ1n) is 21.2. The summed E-state index contributed by atoms with van der Waals surface area (Å²) in [6, 6.07) is 74.6. The van der Waals surface area contributed by atoms with Gasteiger partial charge in [-0.1, -0.05) is 146 Å². The zero-order valence-electron chi connectivity index (χ0n) is 33.9. The largest absolute Gasteiger partial charge is 0.456 e. The number of nitrogens with zero attached hydrogens (tertiary/aromatic N) is 5. The van der Waals surface area contributed by atoms with E-state index in [-0.39, 0.29) is 0 Å². The summed E-state index contributed by atoms with van der Waals surface area (Å²) in [5.74, 6) is 1.84. The van der Waals surface area contributed by atoms with Crippen LogP contribution < -0.4 is 0 Å². The topological polar surface area (TPSA) is 61.7 Å². The fraction of sp³-hybridized carbons (Fsp3) is 0. The van der Waals surface area contributed by atoms with Crippen molar-refractivity contribution in [2.75, 3.05) is 0 Å². The lowest BCUT2D eigenvalue weighted by Crippen LogP contribution is -2.00. The SMILES string of the molecule is c1ccc(-c2nc(-c3ccccc3)nc(-c3cccc4oc5ccc(-c6ccc7c(c6)c6ccccc6n7-c6ccc7c8ccccc8n(-c8ccccc8)c7c6)cc5c34)n2)cc1. The average molecular weight is 806 g/mol. The van der Waals surface area contributed by atoms with Crippen molar-refractivity contribution in [1.29, 1.82) is 0 Å². The average Bonchev–Trinajstić information content (AvgIpc) is 4.01. The second kappa shape index (κ2) is 14.0. The van der Waals surface area contributed by atoms with Crippen LogP contribution in [0, 0.1) is 0 Å². The standard InChI is InChI=1S/C57H35N5O/c1-4-15-36(16-5-1)55-58-56(37-17-6-2-7-18-37)60-57(59-55)45-23-14-26-53-54(45)47-34-39(28-32-52(47)63-53)38-27-31-50-46(33-38)43-22-11-13-25-49(43)62(50)41-29-30-44-42-21-10-12-24-48(42)61(51(44)35-41)40-19-8-3-9-20-40/h1-35H. The second-order valence-corrected chi connectivity index (χ2v) is 16.0. The fourth-order valence-corrected chi connectivity index (χ4v) is 9.51. The van der Waals surface area contributed by atoms with Crippen LogP contribution in [0.5, 0.6) is 0 Å². The van der Waals surface area contributed by atoms with Crippen LogP contribution in [-0.4, -0.2) is 24.1 Å². The molecule has 0 atom stereocenters. The van der Waals surface area contributed by atoms with E-state index >= 15 is 0 Å². The predicted molar refractivity (Wildman–Crippen MR) is 258 cm³/mol. The Bertz CT molecular complexity index is 3850. The summed E-state index contributed by atoms with van der Waals surface area (Å²) in [4.78, 5) is 15.1. The minimum Gasteiger partial charge on any atom is -0.456 e. The Kier molecular flexibility index (Phi) is 7.80. The third kappa shape index (κ3) is 5.62. The van der Waals surface area contributed by atoms with Gasteiger partial charge in [0, 0.05) is 60.4 Å². The van der Waals surface area contributed by atoms with E-state index in [1.54, 1.807) is 0 Å². The van der Waals surface area contributed by atoms with Gasteiger partial charge in [0.1, 0.15) is 11.2 Å². The molecule has 0 saturated heterocycles.